The number of nitrogens with zero attached hydrogens (tertiary/aromatic N) is 2. The number of hydrogen-bond donors (Lipinski definition) is 0. The first-order valence-electron chi connectivity index (χ1n) is 5.70. The molecule has 0 saturated heterocycles. The maximum atomic E-state index is 13.6. The van der Waals surface area contributed by atoms with Crippen LogP contribution in [0.15, 0.2) is 24.5 Å². The third kappa shape index (κ3) is 2.98. The Morgan fingerprint density at radius 2 is 2.11 bits per heavy atom. The first-order valence-corrected chi connectivity index (χ1v) is 6.08. The van der Waals surface area contributed by atoms with Gasteiger partial charge in [-0.05, 0) is 24.6 Å². The van der Waals surface area contributed by atoms with E-state index < -0.39 is 17.4 Å². The number of rotatable bonds is 4. The molecule has 1 heterocycles. The molecule has 0 N–H and O–H groups in total. The number of benzene rings is 1. The normalized spacial score (nSPS) is 10.7. The second-order valence-electron chi connectivity index (χ2n) is 4.05. The van der Waals surface area contributed by atoms with E-state index in [0.717, 1.165) is 12.1 Å². The molecule has 6 heteroatoms. The average molecular weight is 285 g/mol. The molecule has 0 spiro atoms. The Morgan fingerprint density at radius 1 is 1.37 bits per heavy atom. The summed E-state index contributed by atoms with van der Waals surface area (Å²) >= 11 is 5.43. The van der Waals surface area contributed by atoms with E-state index in [1.807, 2.05) is 6.92 Å². The second-order valence-corrected chi connectivity index (χ2v) is 4.46. The number of Topliss-reactive ketones (excluding diaryl/α,β-unsaturated/α-hetero) is 1. The van der Waals surface area contributed by atoms with E-state index in [-0.39, 0.29) is 17.0 Å². The number of halogens is 3. The van der Waals surface area contributed by atoms with Gasteiger partial charge in [-0.2, -0.15) is 5.10 Å². The van der Waals surface area contributed by atoms with Crippen LogP contribution < -0.4 is 0 Å². The fraction of sp³-hybridized carbons (Fsp3) is 0.231. The Morgan fingerprint density at radius 3 is 2.74 bits per heavy atom. The Balaban J connectivity index is 2.22. The second kappa shape index (κ2) is 5.48. The number of carbonyl (C=O) groups is 1. The average Bonchev–Trinajstić information content (AvgIpc) is 2.81. The summed E-state index contributed by atoms with van der Waals surface area (Å²) in [4.78, 5) is 11.9. The van der Waals surface area contributed by atoms with Gasteiger partial charge in [0.25, 0.3) is 0 Å². The number of hydrogen-bond acceptors (Lipinski definition) is 2. The standard InChI is InChI=1S/C13H11ClF2N2O/c1-2-18-7-8(6-17-18)3-13(19)9-4-12(16)10(14)5-11(9)15/h4-7H,2-3H2,1H3. The summed E-state index contributed by atoms with van der Waals surface area (Å²) in [5.41, 5.74) is 0.354. The number of aryl methyl sites for hydroxylation is 1. The van der Waals surface area contributed by atoms with Crippen LogP contribution in [-0.4, -0.2) is 15.6 Å². The van der Waals surface area contributed by atoms with Crippen LogP contribution in [-0.2, 0) is 13.0 Å². The van der Waals surface area contributed by atoms with Crippen molar-refractivity contribution in [1.82, 2.24) is 9.78 Å². The van der Waals surface area contributed by atoms with E-state index in [9.17, 15) is 13.6 Å². The number of carbonyl (C=O) groups excluding carboxylic acids is 1. The van der Waals surface area contributed by atoms with Crippen LogP contribution in [0, 0.1) is 11.6 Å². The van der Waals surface area contributed by atoms with Crippen LogP contribution >= 0.6 is 11.6 Å². The van der Waals surface area contributed by atoms with Crippen molar-refractivity contribution < 1.29 is 13.6 Å². The minimum atomic E-state index is -0.820. The minimum absolute atomic E-state index is 0.0298. The summed E-state index contributed by atoms with van der Waals surface area (Å²) in [5.74, 6) is -2.14. The third-order valence-electron chi connectivity index (χ3n) is 2.69. The van der Waals surface area contributed by atoms with Crippen molar-refractivity contribution in [3.63, 3.8) is 0 Å². The molecule has 0 bridgehead atoms. The molecule has 2 aromatic rings. The highest BCUT2D eigenvalue weighted by Crippen LogP contribution is 2.20. The molecule has 0 aliphatic rings. The van der Waals surface area contributed by atoms with Gasteiger partial charge in [0.15, 0.2) is 5.78 Å². The van der Waals surface area contributed by atoms with Crippen molar-refractivity contribution in [1.29, 1.82) is 0 Å². The van der Waals surface area contributed by atoms with E-state index in [2.05, 4.69) is 5.10 Å². The van der Waals surface area contributed by atoms with Crippen LogP contribution in [0.25, 0.3) is 0 Å². The predicted molar refractivity (Wildman–Crippen MR) is 67.3 cm³/mol. The molecular formula is C13H11ClF2N2O. The number of aromatic nitrogens is 2. The molecule has 19 heavy (non-hydrogen) atoms. The Hall–Kier alpha value is -1.75. The molecule has 0 amide bonds. The van der Waals surface area contributed by atoms with Gasteiger partial charge in [-0.1, -0.05) is 11.6 Å². The Kier molecular flexibility index (Phi) is 3.95. The maximum Gasteiger partial charge on any atom is 0.170 e. The van der Waals surface area contributed by atoms with Crippen molar-refractivity contribution in [3.05, 3.63) is 52.3 Å². The number of ketones is 1. The lowest BCUT2D eigenvalue weighted by atomic mass is 10.0. The van der Waals surface area contributed by atoms with Gasteiger partial charge >= 0.3 is 0 Å². The van der Waals surface area contributed by atoms with Gasteiger partial charge in [0.05, 0.1) is 16.8 Å². The van der Waals surface area contributed by atoms with Gasteiger partial charge in [-0.3, -0.25) is 9.48 Å². The maximum absolute atomic E-state index is 13.6. The SMILES string of the molecule is CCn1cc(CC(=O)c2cc(F)c(Cl)cc2F)cn1. The van der Waals surface area contributed by atoms with Crippen LogP contribution in [0.1, 0.15) is 22.8 Å². The summed E-state index contributed by atoms with van der Waals surface area (Å²) in [5, 5.41) is 3.67. The molecule has 100 valence electrons. The monoisotopic (exact) mass is 284 g/mol. The lowest BCUT2D eigenvalue weighted by molar-refractivity contribution is 0.0988. The highest BCUT2D eigenvalue weighted by molar-refractivity contribution is 6.30. The summed E-state index contributed by atoms with van der Waals surface area (Å²) < 4.78 is 28.5. The Labute approximate surface area is 113 Å². The van der Waals surface area contributed by atoms with Crippen LogP contribution in [0.4, 0.5) is 8.78 Å². The fourth-order valence-electron chi connectivity index (χ4n) is 1.69. The summed E-state index contributed by atoms with van der Waals surface area (Å²) in [6.07, 6.45) is 3.20. The van der Waals surface area contributed by atoms with Gasteiger partial charge in [0.2, 0.25) is 0 Å². The van der Waals surface area contributed by atoms with Crippen LogP contribution in [0.3, 0.4) is 0 Å². The van der Waals surface area contributed by atoms with Crippen molar-refractivity contribution in [2.24, 2.45) is 0 Å². The summed E-state index contributed by atoms with van der Waals surface area (Å²) in [6, 6.07) is 1.63. The van der Waals surface area contributed by atoms with Crippen molar-refractivity contribution in [3.8, 4) is 0 Å². The molecule has 0 fully saturated rings. The third-order valence-corrected chi connectivity index (χ3v) is 2.98. The zero-order valence-corrected chi connectivity index (χ0v) is 10.9. The fourth-order valence-corrected chi connectivity index (χ4v) is 1.84. The smallest absolute Gasteiger partial charge is 0.170 e. The van der Waals surface area contributed by atoms with Crippen LogP contribution in [0.2, 0.25) is 5.02 Å². The van der Waals surface area contributed by atoms with E-state index in [0.29, 0.717) is 12.1 Å². The quantitative estimate of drug-likeness (QED) is 0.638. The molecular weight excluding hydrogens is 274 g/mol. The zero-order valence-electron chi connectivity index (χ0n) is 10.2. The van der Waals surface area contributed by atoms with Gasteiger partial charge < -0.3 is 0 Å². The van der Waals surface area contributed by atoms with Crippen LogP contribution in [0.5, 0.6) is 0 Å². The molecule has 0 atom stereocenters. The molecule has 0 aliphatic heterocycles. The molecule has 1 aromatic carbocycles. The van der Waals surface area contributed by atoms with E-state index in [1.54, 1.807) is 10.9 Å². The summed E-state index contributed by atoms with van der Waals surface area (Å²) in [6.45, 7) is 2.59. The zero-order chi connectivity index (χ0) is 14.0. The first-order chi connectivity index (χ1) is 9.01. The molecule has 0 saturated carbocycles. The van der Waals surface area contributed by atoms with E-state index >= 15 is 0 Å². The van der Waals surface area contributed by atoms with Gasteiger partial charge in [0.1, 0.15) is 11.6 Å². The Bertz CT molecular complexity index is 625. The molecule has 2 rings (SSSR count). The lowest BCUT2D eigenvalue weighted by Crippen LogP contribution is -2.06. The highest BCUT2D eigenvalue weighted by atomic mass is 35.5. The molecule has 0 radical (unpaired) electrons. The topological polar surface area (TPSA) is 34.9 Å². The van der Waals surface area contributed by atoms with E-state index in [4.69, 9.17) is 11.6 Å². The van der Waals surface area contributed by atoms with Crippen molar-refractivity contribution in [2.75, 3.05) is 0 Å². The van der Waals surface area contributed by atoms with Gasteiger partial charge in [0, 0.05) is 19.2 Å². The van der Waals surface area contributed by atoms with Gasteiger partial charge in [-0.25, -0.2) is 8.78 Å². The molecule has 0 unspecified atom stereocenters. The lowest BCUT2D eigenvalue weighted by Gasteiger charge is -2.03. The summed E-state index contributed by atoms with van der Waals surface area (Å²) in [7, 11) is 0. The molecule has 3 nitrogen and oxygen atoms in total. The largest absolute Gasteiger partial charge is 0.294 e. The predicted octanol–water partition coefficient (Wildman–Crippen LogP) is 3.26. The minimum Gasteiger partial charge on any atom is -0.294 e. The van der Waals surface area contributed by atoms with Crippen molar-refractivity contribution in [2.45, 2.75) is 19.9 Å². The van der Waals surface area contributed by atoms with Gasteiger partial charge in [-0.15, -0.1) is 0 Å². The van der Waals surface area contributed by atoms with E-state index in [1.165, 1.54) is 6.20 Å². The molecule has 1 aromatic heterocycles. The van der Waals surface area contributed by atoms with Crippen molar-refractivity contribution >= 4 is 17.4 Å². The molecule has 0 aliphatic carbocycles. The highest BCUT2D eigenvalue weighted by Gasteiger charge is 2.16. The first kappa shape index (κ1) is 13.7.